The summed E-state index contributed by atoms with van der Waals surface area (Å²) in [4.78, 5) is 14.5. The van der Waals surface area contributed by atoms with E-state index in [0.717, 1.165) is 29.8 Å². The third kappa shape index (κ3) is 3.20. The summed E-state index contributed by atoms with van der Waals surface area (Å²) in [5, 5.41) is 0. The van der Waals surface area contributed by atoms with Gasteiger partial charge in [-0.3, -0.25) is 4.79 Å². The summed E-state index contributed by atoms with van der Waals surface area (Å²) < 4.78 is 24.1. The van der Waals surface area contributed by atoms with Crippen LogP contribution in [0.4, 0.5) is 10.1 Å². The van der Waals surface area contributed by atoms with Crippen molar-refractivity contribution in [3.05, 3.63) is 53.3 Å². The molecule has 1 heterocycles. The third-order valence-corrected chi connectivity index (χ3v) is 4.26. The molecule has 0 N–H and O–H groups in total. The molecular formula is C19H20FNO3. The van der Waals surface area contributed by atoms with E-state index in [-0.39, 0.29) is 18.1 Å². The summed E-state index contributed by atoms with van der Waals surface area (Å²) in [6, 6.07) is 9.85. The second kappa shape index (κ2) is 6.91. The number of fused-ring (bicyclic) bond motifs is 1. The lowest BCUT2D eigenvalue weighted by Gasteiger charge is -2.31. The fraction of sp³-hybridized carbons (Fsp3) is 0.316. The molecule has 0 saturated heterocycles. The number of nitrogens with zero attached hydrogens (tertiary/aromatic N) is 1. The molecule has 4 nitrogen and oxygen atoms in total. The van der Waals surface area contributed by atoms with E-state index in [0.29, 0.717) is 17.9 Å². The van der Waals surface area contributed by atoms with Crippen LogP contribution in [0.25, 0.3) is 0 Å². The molecule has 0 spiro atoms. The van der Waals surface area contributed by atoms with E-state index in [2.05, 4.69) is 0 Å². The number of carbonyl (C=O) groups is 1. The summed E-state index contributed by atoms with van der Waals surface area (Å²) in [6.45, 7) is 0.636. The zero-order chi connectivity index (χ0) is 17.1. The van der Waals surface area contributed by atoms with Gasteiger partial charge in [0, 0.05) is 24.2 Å². The largest absolute Gasteiger partial charge is 0.497 e. The summed E-state index contributed by atoms with van der Waals surface area (Å²) in [5.41, 5.74) is 2.50. The van der Waals surface area contributed by atoms with Crippen LogP contribution >= 0.6 is 0 Å². The van der Waals surface area contributed by atoms with Gasteiger partial charge in [-0.25, -0.2) is 4.39 Å². The van der Waals surface area contributed by atoms with Crippen LogP contribution in [0.1, 0.15) is 17.5 Å². The molecule has 0 bridgehead atoms. The van der Waals surface area contributed by atoms with Crippen molar-refractivity contribution < 1.29 is 18.7 Å². The number of amides is 1. The molecule has 0 aliphatic carbocycles. The van der Waals surface area contributed by atoms with Gasteiger partial charge in [0.15, 0.2) is 0 Å². The quantitative estimate of drug-likeness (QED) is 0.863. The van der Waals surface area contributed by atoms with Gasteiger partial charge in [0.1, 0.15) is 17.3 Å². The van der Waals surface area contributed by atoms with Crippen LogP contribution in [0.3, 0.4) is 0 Å². The highest BCUT2D eigenvalue weighted by atomic mass is 19.1. The second-order valence-electron chi connectivity index (χ2n) is 5.78. The molecular weight excluding hydrogens is 309 g/mol. The van der Waals surface area contributed by atoms with Crippen molar-refractivity contribution in [1.29, 1.82) is 0 Å². The van der Waals surface area contributed by atoms with Gasteiger partial charge in [0.25, 0.3) is 0 Å². The molecule has 2 aromatic rings. The molecule has 5 heteroatoms. The Balaban J connectivity index is 1.92. The molecule has 0 unspecified atom stereocenters. The zero-order valence-corrected chi connectivity index (χ0v) is 13.8. The van der Waals surface area contributed by atoms with Crippen molar-refractivity contribution in [2.75, 3.05) is 25.7 Å². The van der Waals surface area contributed by atoms with Crippen LogP contribution < -0.4 is 14.4 Å². The molecule has 24 heavy (non-hydrogen) atoms. The summed E-state index contributed by atoms with van der Waals surface area (Å²) in [7, 11) is 3.20. The van der Waals surface area contributed by atoms with E-state index < -0.39 is 0 Å². The minimum absolute atomic E-state index is 0.0585. The van der Waals surface area contributed by atoms with Crippen molar-refractivity contribution in [2.45, 2.75) is 19.3 Å². The van der Waals surface area contributed by atoms with Gasteiger partial charge < -0.3 is 14.4 Å². The number of carbonyl (C=O) groups excluding carboxylic acids is 1. The number of methoxy groups -OCH3 is 2. The Hall–Kier alpha value is -2.56. The second-order valence-corrected chi connectivity index (χ2v) is 5.78. The number of benzene rings is 2. The Kier molecular flexibility index (Phi) is 4.69. The lowest BCUT2D eigenvalue weighted by atomic mass is 9.99. The van der Waals surface area contributed by atoms with Crippen molar-refractivity contribution in [3.63, 3.8) is 0 Å². The molecule has 1 aliphatic heterocycles. The van der Waals surface area contributed by atoms with E-state index >= 15 is 0 Å². The van der Waals surface area contributed by atoms with E-state index in [1.165, 1.54) is 12.1 Å². The Morgan fingerprint density at radius 3 is 2.75 bits per heavy atom. The highest BCUT2D eigenvalue weighted by Crippen LogP contribution is 2.38. The Morgan fingerprint density at radius 2 is 2.04 bits per heavy atom. The van der Waals surface area contributed by atoms with E-state index in [1.807, 2.05) is 12.1 Å². The minimum atomic E-state index is -0.331. The van der Waals surface area contributed by atoms with Crippen LogP contribution in [0.2, 0.25) is 0 Å². The smallest absolute Gasteiger partial charge is 0.231 e. The molecule has 0 aromatic heterocycles. The molecule has 0 saturated carbocycles. The summed E-state index contributed by atoms with van der Waals surface area (Å²) >= 11 is 0. The van der Waals surface area contributed by atoms with Crippen molar-refractivity contribution in [1.82, 2.24) is 0 Å². The molecule has 0 fully saturated rings. The van der Waals surface area contributed by atoms with Gasteiger partial charge in [0.05, 0.1) is 26.3 Å². The van der Waals surface area contributed by atoms with Gasteiger partial charge in [-0.1, -0.05) is 12.1 Å². The van der Waals surface area contributed by atoms with E-state index in [1.54, 1.807) is 31.3 Å². The Bertz CT molecular complexity index is 760. The van der Waals surface area contributed by atoms with E-state index in [4.69, 9.17) is 9.47 Å². The number of hydrogen-bond acceptors (Lipinski definition) is 3. The van der Waals surface area contributed by atoms with Gasteiger partial charge in [0.2, 0.25) is 5.91 Å². The summed E-state index contributed by atoms with van der Waals surface area (Å²) in [5.74, 6) is 0.989. The van der Waals surface area contributed by atoms with Crippen molar-refractivity contribution in [2.24, 2.45) is 0 Å². The standard InChI is InChI=1S/C19H20FNO3/c1-23-15-11-17-16(18(12-15)24-2)7-4-8-21(17)19(22)10-13-5-3-6-14(20)9-13/h3,5-6,9,11-12H,4,7-8,10H2,1-2H3. The van der Waals surface area contributed by atoms with Crippen LogP contribution in [0, 0.1) is 5.82 Å². The minimum Gasteiger partial charge on any atom is -0.497 e. The number of ether oxygens (including phenoxy) is 2. The molecule has 1 aliphatic rings. The number of halogens is 1. The van der Waals surface area contributed by atoms with E-state index in [9.17, 15) is 9.18 Å². The highest BCUT2D eigenvalue weighted by molar-refractivity contribution is 5.96. The fourth-order valence-electron chi connectivity index (χ4n) is 3.11. The van der Waals surface area contributed by atoms with Gasteiger partial charge in [-0.05, 0) is 30.5 Å². The number of anilines is 1. The van der Waals surface area contributed by atoms with Crippen molar-refractivity contribution >= 4 is 11.6 Å². The van der Waals surface area contributed by atoms with Crippen LogP contribution in [-0.2, 0) is 17.6 Å². The van der Waals surface area contributed by atoms with Gasteiger partial charge in [-0.15, -0.1) is 0 Å². The summed E-state index contributed by atoms with van der Waals surface area (Å²) in [6.07, 6.45) is 1.88. The lowest BCUT2D eigenvalue weighted by Crippen LogP contribution is -2.36. The highest BCUT2D eigenvalue weighted by Gasteiger charge is 2.26. The predicted molar refractivity (Wildman–Crippen MR) is 90.3 cm³/mol. The average Bonchev–Trinajstić information content (AvgIpc) is 2.60. The zero-order valence-electron chi connectivity index (χ0n) is 13.8. The first kappa shape index (κ1) is 16.3. The van der Waals surface area contributed by atoms with Gasteiger partial charge >= 0.3 is 0 Å². The van der Waals surface area contributed by atoms with Crippen LogP contribution in [-0.4, -0.2) is 26.7 Å². The fourth-order valence-corrected chi connectivity index (χ4v) is 3.11. The van der Waals surface area contributed by atoms with Crippen LogP contribution in [0.5, 0.6) is 11.5 Å². The maximum Gasteiger partial charge on any atom is 0.231 e. The molecule has 3 rings (SSSR count). The molecule has 126 valence electrons. The third-order valence-electron chi connectivity index (χ3n) is 4.26. The average molecular weight is 329 g/mol. The van der Waals surface area contributed by atoms with Gasteiger partial charge in [-0.2, -0.15) is 0 Å². The Labute approximate surface area is 140 Å². The molecule has 2 aromatic carbocycles. The Morgan fingerprint density at radius 1 is 1.21 bits per heavy atom. The lowest BCUT2D eigenvalue weighted by molar-refractivity contribution is -0.118. The monoisotopic (exact) mass is 329 g/mol. The molecule has 0 radical (unpaired) electrons. The first-order valence-corrected chi connectivity index (χ1v) is 7.92. The molecule has 1 amide bonds. The van der Waals surface area contributed by atoms with Crippen LogP contribution in [0.15, 0.2) is 36.4 Å². The first-order valence-electron chi connectivity index (χ1n) is 7.92. The topological polar surface area (TPSA) is 38.8 Å². The molecule has 0 atom stereocenters. The predicted octanol–water partition coefficient (Wildman–Crippen LogP) is 3.36. The normalized spacial score (nSPS) is 13.4. The SMILES string of the molecule is COc1cc(OC)c2c(c1)N(C(=O)Cc1cccc(F)c1)CCC2. The maximum absolute atomic E-state index is 13.3. The first-order chi connectivity index (χ1) is 11.6. The number of hydrogen-bond donors (Lipinski definition) is 0. The maximum atomic E-state index is 13.3. The van der Waals surface area contributed by atoms with Crippen molar-refractivity contribution in [3.8, 4) is 11.5 Å². The number of rotatable bonds is 4.